The van der Waals surface area contributed by atoms with Crippen molar-refractivity contribution in [2.75, 3.05) is 0 Å². The summed E-state index contributed by atoms with van der Waals surface area (Å²) in [5, 5.41) is 22.6. The van der Waals surface area contributed by atoms with Crippen molar-refractivity contribution in [1.82, 2.24) is 20.6 Å². The van der Waals surface area contributed by atoms with Crippen molar-refractivity contribution in [3.05, 3.63) is 18.2 Å². The quantitative estimate of drug-likeness (QED) is 0.286. The number of nitrogens with two attached hydrogens (primary N) is 1. The molecule has 0 saturated heterocycles. The molecule has 7 N–H and O–H groups in total. The number of carbonyl (C=O) groups excluding carboxylic acids is 2. The van der Waals surface area contributed by atoms with Crippen LogP contribution in [0.5, 0.6) is 0 Å². The lowest BCUT2D eigenvalue weighted by atomic mass is 10.0. The highest BCUT2D eigenvalue weighted by atomic mass is 16.4. The first-order valence-corrected chi connectivity index (χ1v) is 7.90. The van der Waals surface area contributed by atoms with Crippen LogP contribution >= 0.6 is 0 Å². The Labute approximate surface area is 149 Å². The average molecular weight is 369 g/mol. The molecule has 0 aromatic carbocycles. The molecule has 1 heterocycles. The maximum Gasteiger partial charge on any atom is 0.326 e. The Morgan fingerprint density at radius 3 is 2.31 bits per heavy atom. The van der Waals surface area contributed by atoms with Crippen molar-refractivity contribution in [2.24, 2.45) is 11.7 Å². The van der Waals surface area contributed by atoms with Crippen molar-refractivity contribution in [3.8, 4) is 0 Å². The van der Waals surface area contributed by atoms with Crippen molar-refractivity contribution in [2.45, 2.75) is 44.8 Å². The Morgan fingerprint density at radius 1 is 1.19 bits per heavy atom. The standard InChI is InChI=1S/C15H23N5O6/c1-7(2)12(15(25)26)20-14(24)10(3-8-5-17-6-18-8)19-13(23)9(16)4-11(21)22/h5-7,9-10,12H,3-4,16H2,1-2H3,(H,17,18)(H,19,23)(H,20,24)(H,21,22)(H,25,26)/t9-,10-,12-/m0/s1. The largest absolute Gasteiger partial charge is 0.481 e. The predicted octanol–water partition coefficient (Wildman–Crippen LogP) is -1.54. The SMILES string of the molecule is CC(C)[C@H](NC(=O)[C@H](Cc1c[nH]cn1)NC(=O)[C@@H](N)CC(=O)O)C(=O)O. The number of nitrogens with one attached hydrogen (secondary N) is 3. The molecule has 0 spiro atoms. The topological polar surface area (TPSA) is 187 Å². The molecule has 26 heavy (non-hydrogen) atoms. The lowest BCUT2D eigenvalue weighted by Crippen LogP contribution is -2.56. The predicted molar refractivity (Wildman–Crippen MR) is 88.9 cm³/mol. The number of amides is 2. The lowest BCUT2D eigenvalue weighted by Gasteiger charge is -2.23. The van der Waals surface area contributed by atoms with Crippen molar-refractivity contribution in [1.29, 1.82) is 0 Å². The molecule has 11 nitrogen and oxygen atoms in total. The van der Waals surface area contributed by atoms with Crippen molar-refractivity contribution < 1.29 is 29.4 Å². The smallest absolute Gasteiger partial charge is 0.326 e. The molecule has 1 rings (SSSR count). The third kappa shape index (κ3) is 6.51. The number of rotatable bonds is 10. The number of carboxylic acid groups (broad SMARTS) is 2. The summed E-state index contributed by atoms with van der Waals surface area (Å²) >= 11 is 0. The van der Waals surface area contributed by atoms with Crippen molar-refractivity contribution >= 4 is 23.8 Å². The van der Waals surface area contributed by atoms with Crippen LogP contribution in [0.1, 0.15) is 26.0 Å². The number of aromatic amines is 1. The fourth-order valence-electron chi connectivity index (χ4n) is 2.15. The van der Waals surface area contributed by atoms with Gasteiger partial charge in [0.05, 0.1) is 24.5 Å². The molecule has 0 aliphatic carbocycles. The highest BCUT2D eigenvalue weighted by Crippen LogP contribution is 2.05. The van der Waals surface area contributed by atoms with Crippen LogP contribution in [0.3, 0.4) is 0 Å². The van der Waals surface area contributed by atoms with Crippen LogP contribution in [0.25, 0.3) is 0 Å². The summed E-state index contributed by atoms with van der Waals surface area (Å²) < 4.78 is 0. The number of aliphatic carboxylic acids is 2. The summed E-state index contributed by atoms with van der Waals surface area (Å²) in [5.41, 5.74) is 5.95. The number of H-pyrrole nitrogens is 1. The van der Waals surface area contributed by atoms with Crippen LogP contribution in [-0.2, 0) is 25.6 Å². The average Bonchev–Trinajstić information content (AvgIpc) is 3.03. The van der Waals surface area contributed by atoms with Gasteiger partial charge in [-0.1, -0.05) is 13.8 Å². The first kappa shape index (κ1) is 21.1. The molecule has 2 amide bonds. The number of imidazole rings is 1. The maximum atomic E-state index is 12.5. The van der Waals surface area contributed by atoms with Gasteiger partial charge in [-0.05, 0) is 5.92 Å². The van der Waals surface area contributed by atoms with E-state index < -0.39 is 48.3 Å². The summed E-state index contributed by atoms with van der Waals surface area (Å²) in [6.45, 7) is 3.26. The van der Waals surface area contributed by atoms with E-state index >= 15 is 0 Å². The normalized spacial score (nSPS) is 14.3. The summed E-state index contributed by atoms with van der Waals surface area (Å²) in [6, 6.07) is -3.65. The number of nitrogens with zero attached hydrogens (tertiary/aromatic N) is 1. The van der Waals surface area contributed by atoms with Gasteiger partial charge in [0.2, 0.25) is 11.8 Å². The van der Waals surface area contributed by atoms with Gasteiger partial charge in [0.15, 0.2) is 0 Å². The van der Waals surface area contributed by atoms with E-state index in [4.69, 9.17) is 10.8 Å². The molecule has 11 heteroatoms. The van der Waals surface area contributed by atoms with E-state index in [1.165, 1.54) is 12.5 Å². The lowest BCUT2D eigenvalue weighted by molar-refractivity contribution is -0.143. The Balaban J connectivity index is 2.90. The number of carbonyl (C=O) groups is 4. The number of hydrogen-bond acceptors (Lipinski definition) is 6. The Hall–Kier alpha value is -2.95. The first-order chi connectivity index (χ1) is 12.1. The van der Waals surface area contributed by atoms with E-state index in [2.05, 4.69) is 20.6 Å². The van der Waals surface area contributed by atoms with Gasteiger partial charge in [0, 0.05) is 12.6 Å². The van der Waals surface area contributed by atoms with Crippen LogP contribution in [-0.4, -0.2) is 62.1 Å². The van der Waals surface area contributed by atoms with Gasteiger partial charge in [-0.15, -0.1) is 0 Å². The second-order valence-corrected chi connectivity index (χ2v) is 6.10. The van der Waals surface area contributed by atoms with Crippen molar-refractivity contribution in [3.63, 3.8) is 0 Å². The summed E-state index contributed by atoms with van der Waals surface area (Å²) in [4.78, 5) is 53.1. The summed E-state index contributed by atoms with van der Waals surface area (Å²) in [5.74, 6) is -4.41. The molecule has 3 atom stereocenters. The molecule has 0 aliphatic rings. The molecule has 0 radical (unpaired) electrons. The molecule has 0 bridgehead atoms. The molecule has 0 fully saturated rings. The number of hydrogen-bond donors (Lipinski definition) is 6. The second-order valence-electron chi connectivity index (χ2n) is 6.10. The van der Waals surface area contributed by atoms with Crippen LogP contribution in [0.2, 0.25) is 0 Å². The van der Waals surface area contributed by atoms with Gasteiger partial charge in [-0.25, -0.2) is 9.78 Å². The zero-order chi connectivity index (χ0) is 19.9. The van der Waals surface area contributed by atoms with Gasteiger partial charge in [-0.3, -0.25) is 14.4 Å². The molecule has 1 aromatic rings. The Kier molecular flexibility index (Phi) is 7.72. The van der Waals surface area contributed by atoms with E-state index in [-0.39, 0.29) is 12.3 Å². The van der Waals surface area contributed by atoms with Crippen LogP contribution in [0.15, 0.2) is 12.5 Å². The minimum absolute atomic E-state index is 0.0225. The van der Waals surface area contributed by atoms with Gasteiger partial charge in [-0.2, -0.15) is 0 Å². The van der Waals surface area contributed by atoms with Gasteiger partial charge >= 0.3 is 11.9 Å². The first-order valence-electron chi connectivity index (χ1n) is 7.90. The highest BCUT2D eigenvalue weighted by molar-refractivity contribution is 5.93. The number of aromatic nitrogens is 2. The zero-order valence-corrected chi connectivity index (χ0v) is 14.4. The molecule has 0 saturated carbocycles. The molecule has 0 unspecified atom stereocenters. The minimum atomic E-state index is -1.35. The zero-order valence-electron chi connectivity index (χ0n) is 14.4. The summed E-state index contributed by atoms with van der Waals surface area (Å²) in [6.07, 6.45) is 2.27. The fraction of sp³-hybridized carbons (Fsp3) is 0.533. The fourth-order valence-corrected chi connectivity index (χ4v) is 2.15. The third-order valence-corrected chi connectivity index (χ3v) is 3.56. The molecule has 0 aliphatic heterocycles. The van der Waals surface area contributed by atoms with Crippen LogP contribution in [0.4, 0.5) is 0 Å². The molecule has 144 valence electrons. The van der Waals surface area contributed by atoms with Crippen LogP contribution < -0.4 is 16.4 Å². The van der Waals surface area contributed by atoms with Gasteiger partial charge in [0.25, 0.3) is 0 Å². The molecule has 1 aromatic heterocycles. The van der Waals surface area contributed by atoms with E-state index in [1.807, 2.05) is 0 Å². The highest BCUT2D eigenvalue weighted by Gasteiger charge is 2.30. The molecular formula is C15H23N5O6. The second kappa shape index (κ2) is 9.51. The minimum Gasteiger partial charge on any atom is -0.481 e. The van der Waals surface area contributed by atoms with E-state index in [0.29, 0.717) is 5.69 Å². The third-order valence-electron chi connectivity index (χ3n) is 3.56. The Bertz CT molecular complexity index is 645. The van der Waals surface area contributed by atoms with E-state index in [1.54, 1.807) is 13.8 Å². The maximum absolute atomic E-state index is 12.5. The summed E-state index contributed by atoms with van der Waals surface area (Å²) in [7, 11) is 0. The number of carboxylic acids is 2. The van der Waals surface area contributed by atoms with E-state index in [9.17, 15) is 24.3 Å². The molecular weight excluding hydrogens is 346 g/mol. The monoisotopic (exact) mass is 369 g/mol. The van der Waals surface area contributed by atoms with Crippen LogP contribution in [0, 0.1) is 5.92 Å². The van der Waals surface area contributed by atoms with E-state index in [0.717, 1.165) is 0 Å². The Morgan fingerprint density at radius 2 is 1.85 bits per heavy atom. The van der Waals surface area contributed by atoms with Gasteiger partial charge < -0.3 is 31.6 Å². The van der Waals surface area contributed by atoms with Gasteiger partial charge in [0.1, 0.15) is 12.1 Å².